The van der Waals surface area contributed by atoms with Gasteiger partial charge in [-0.2, -0.15) is 0 Å². The molecule has 0 spiro atoms. The summed E-state index contributed by atoms with van der Waals surface area (Å²) in [5.74, 6) is -1.13. The van der Waals surface area contributed by atoms with Crippen LogP contribution >= 0.6 is 0 Å². The third kappa shape index (κ3) is 13.4. The van der Waals surface area contributed by atoms with Crippen molar-refractivity contribution in [2.24, 2.45) is 17.3 Å². The Morgan fingerprint density at radius 2 is 1.86 bits per heavy atom. The third-order valence-electron chi connectivity index (χ3n) is 9.86. The number of fused-ring (bicyclic) bond motifs is 4. The molecular formula is C41H60O10. The summed E-state index contributed by atoms with van der Waals surface area (Å²) in [4.78, 5) is 25.3. The molecule has 0 aliphatic carbocycles. The predicted molar refractivity (Wildman–Crippen MR) is 196 cm³/mol. The van der Waals surface area contributed by atoms with Crippen molar-refractivity contribution in [2.75, 3.05) is 13.2 Å². The van der Waals surface area contributed by atoms with Gasteiger partial charge in [-0.3, -0.25) is 0 Å². The van der Waals surface area contributed by atoms with E-state index in [1.807, 2.05) is 65.0 Å². The maximum Gasteiger partial charge on any atom is 0.335 e. The number of hydrogen-bond acceptors (Lipinski definition) is 10. The third-order valence-corrected chi connectivity index (χ3v) is 9.86. The number of rotatable bonds is 11. The van der Waals surface area contributed by atoms with Gasteiger partial charge < -0.3 is 39.4 Å². The Kier molecular flexibility index (Phi) is 17.2. The number of carbonyl (C=O) groups excluding carboxylic acids is 2. The van der Waals surface area contributed by atoms with E-state index in [1.54, 1.807) is 24.3 Å². The number of carbonyl (C=O) groups is 2. The van der Waals surface area contributed by atoms with E-state index in [0.29, 0.717) is 44.1 Å². The Labute approximate surface area is 303 Å². The van der Waals surface area contributed by atoms with Crippen molar-refractivity contribution in [1.29, 1.82) is 0 Å². The fraction of sp³-hybridized carbons (Fsp3) is 0.610. The largest absolute Gasteiger partial charge is 0.459 e. The van der Waals surface area contributed by atoms with E-state index in [9.17, 15) is 30.0 Å². The van der Waals surface area contributed by atoms with Crippen molar-refractivity contribution in [3.63, 3.8) is 0 Å². The molecule has 0 amide bonds. The molecule has 3 aliphatic rings. The zero-order valence-corrected chi connectivity index (χ0v) is 30.9. The van der Waals surface area contributed by atoms with Gasteiger partial charge >= 0.3 is 11.9 Å². The second-order valence-corrected chi connectivity index (χ2v) is 14.7. The summed E-state index contributed by atoms with van der Waals surface area (Å²) >= 11 is 0. The van der Waals surface area contributed by atoms with Crippen molar-refractivity contribution in [3.05, 3.63) is 84.6 Å². The number of allylic oxidation sites excluding steroid dienone is 6. The SMILES string of the molecule is C=C(COC(=O)C(O)CC=CC[C@@H]1O[C@@H]2C=CCC=CC(C)=C[C@H]3O[C@@H](CC=CC=CC(=O)O[C@H](C2)[C@@]1(C)CO)C[C@H](O)[C@H]3C)C(O)CC(C)C. The molecular weight excluding hydrogens is 652 g/mol. The minimum absolute atomic E-state index is 0.00418. The Hall–Kier alpha value is -3.12. The van der Waals surface area contributed by atoms with Crippen LogP contribution in [0.1, 0.15) is 79.6 Å². The van der Waals surface area contributed by atoms with Crippen LogP contribution in [0.15, 0.2) is 84.6 Å². The first-order valence-corrected chi connectivity index (χ1v) is 18.2. The van der Waals surface area contributed by atoms with E-state index >= 15 is 0 Å². The molecule has 0 aromatic rings. The van der Waals surface area contributed by atoms with E-state index in [1.165, 1.54) is 6.08 Å². The smallest absolute Gasteiger partial charge is 0.335 e. The van der Waals surface area contributed by atoms with Crippen LogP contribution in [0.4, 0.5) is 0 Å². The van der Waals surface area contributed by atoms with E-state index in [0.717, 1.165) is 5.57 Å². The fourth-order valence-electron chi connectivity index (χ4n) is 6.40. The molecule has 2 fully saturated rings. The van der Waals surface area contributed by atoms with Crippen molar-refractivity contribution < 1.29 is 49.0 Å². The van der Waals surface area contributed by atoms with Crippen molar-refractivity contribution in [2.45, 2.75) is 128 Å². The Morgan fingerprint density at radius 1 is 1.10 bits per heavy atom. The van der Waals surface area contributed by atoms with Crippen molar-refractivity contribution >= 4 is 11.9 Å². The van der Waals surface area contributed by atoms with E-state index in [-0.39, 0.29) is 43.7 Å². The lowest BCUT2D eigenvalue weighted by atomic mass is 9.73. The number of esters is 2. The van der Waals surface area contributed by atoms with Gasteiger partial charge in [0, 0.05) is 31.3 Å². The normalized spacial score (nSPS) is 31.9. The molecule has 51 heavy (non-hydrogen) atoms. The Morgan fingerprint density at radius 3 is 2.59 bits per heavy atom. The summed E-state index contributed by atoms with van der Waals surface area (Å²) in [6.45, 7) is 13.1. The molecule has 284 valence electrons. The number of ether oxygens (including phenoxy) is 4. The van der Waals surface area contributed by atoms with Gasteiger partial charge in [0.2, 0.25) is 0 Å². The molecule has 0 aromatic heterocycles. The minimum atomic E-state index is -1.40. The number of aliphatic hydroxyl groups excluding tert-OH is 4. The average Bonchev–Trinajstić information content (AvgIpc) is 3.07. The lowest BCUT2D eigenvalue weighted by Gasteiger charge is -2.47. The summed E-state index contributed by atoms with van der Waals surface area (Å²) in [5, 5.41) is 41.7. The molecule has 3 rings (SSSR count). The van der Waals surface area contributed by atoms with Crippen LogP contribution in [0.25, 0.3) is 0 Å². The van der Waals surface area contributed by atoms with Crippen LogP contribution in [-0.2, 0) is 28.5 Å². The summed E-state index contributed by atoms with van der Waals surface area (Å²) in [7, 11) is 0. The topological polar surface area (TPSA) is 152 Å². The molecule has 3 heterocycles. The fourth-order valence-corrected chi connectivity index (χ4v) is 6.40. The minimum Gasteiger partial charge on any atom is -0.459 e. The molecule has 0 aromatic carbocycles. The Bertz CT molecular complexity index is 1330. The predicted octanol–water partition coefficient (Wildman–Crippen LogP) is 5.38. The number of aliphatic hydroxyl groups is 4. The van der Waals surface area contributed by atoms with Gasteiger partial charge in [-0.25, -0.2) is 9.59 Å². The molecule has 10 heteroatoms. The summed E-state index contributed by atoms with van der Waals surface area (Å²) in [6.07, 6.45) is 18.4. The van der Waals surface area contributed by atoms with Gasteiger partial charge in [-0.15, -0.1) is 0 Å². The molecule has 10 atom stereocenters. The molecule has 2 unspecified atom stereocenters. The highest BCUT2D eigenvalue weighted by molar-refractivity contribution is 5.82. The second kappa shape index (κ2) is 20.8. The Balaban J connectivity index is 1.71. The van der Waals surface area contributed by atoms with Crippen LogP contribution in [-0.4, -0.2) is 94.4 Å². The molecule has 0 saturated carbocycles. The van der Waals surface area contributed by atoms with Gasteiger partial charge in [0.25, 0.3) is 0 Å². The lowest BCUT2D eigenvalue weighted by Crippen LogP contribution is -2.55. The highest BCUT2D eigenvalue weighted by Crippen LogP contribution is 2.41. The summed E-state index contributed by atoms with van der Waals surface area (Å²) in [6, 6.07) is 0. The molecule has 10 nitrogen and oxygen atoms in total. The first-order valence-electron chi connectivity index (χ1n) is 18.2. The van der Waals surface area contributed by atoms with Crippen molar-refractivity contribution in [3.8, 4) is 0 Å². The number of hydrogen-bond donors (Lipinski definition) is 4. The second-order valence-electron chi connectivity index (χ2n) is 14.7. The van der Waals surface area contributed by atoms with Gasteiger partial charge in [0.15, 0.2) is 6.10 Å². The maximum atomic E-state index is 13.0. The first kappa shape index (κ1) is 42.3. The standard InChI is InChI=1S/C41H60O10/c1-27(2)21-34(44)29(4)25-48-40(47)33(43)18-13-14-19-37-41(6,26-42)38-24-32(50-37)17-10-7-9-15-28(3)22-36-30(5)35(45)23-31(49-36)16-11-8-12-20-39(46)51-38/h8-15,17,20,22,27,30-38,42-45H,4,7,16,18-19,21,23-26H2,1-3,5-6H3/t30-,31+,32-,33?,34?,35+,36-,37+,38-,41+/m1/s1. The highest BCUT2D eigenvalue weighted by Gasteiger charge is 2.49. The first-order chi connectivity index (χ1) is 24.2. The van der Waals surface area contributed by atoms with Gasteiger partial charge in [0.05, 0.1) is 48.6 Å². The van der Waals surface area contributed by atoms with Crippen LogP contribution in [0.2, 0.25) is 0 Å². The zero-order valence-electron chi connectivity index (χ0n) is 30.9. The molecule has 2 saturated heterocycles. The lowest BCUT2D eigenvalue weighted by molar-refractivity contribution is -0.198. The van der Waals surface area contributed by atoms with Crippen molar-refractivity contribution in [1.82, 2.24) is 0 Å². The average molecular weight is 713 g/mol. The molecule has 0 radical (unpaired) electrons. The highest BCUT2D eigenvalue weighted by atomic mass is 16.6. The summed E-state index contributed by atoms with van der Waals surface area (Å²) < 4.78 is 23.8. The summed E-state index contributed by atoms with van der Waals surface area (Å²) in [5.41, 5.74) is 0.477. The zero-order chi connectivity index (χ0) is 37.6. The van der Waals surface area contributed by atoms with Gasteiger partial charge in [-0.1, -0.05) is 101 Å². The van der Waals surface area contributed by atoms with E-state index in [2.05, 4.69) is 12.7 Å². The van der Waals surface area contributed by atoms with Crippen LogP contribution < -0.4 is 0 Å². The molecule has 4 bridgehead atoms. The van der Waals surface area contributed by atoms with E-state index < -0.39 is 54.0 Å². The quantitative estimate of drug-likeness (QED) is 0.162. The van der Waals surface area contributed by atoms with Crippen LogP contribution in [0.3, 0.4) is 0 Å². The van der Waals surface area contributed by atoms with E-state index in [4.69, 9.17) is 18.9 Å². The van der Waals surface area contributed by atoms with Gasteiger partial charge in [0.1, 0.15) is 12.7 Å². The maximum absolute atomic E-state index is 13.0. The van der Waals surface area contributed by atoms with Gasteiger partial charge in [-0.05, 0) is 44.1 Å². The van der Waals surface area contributed by atoms with Crippen LogP contribution in [0, 0.1) is 17.3 Å². The molecule has 4 N–H and O–H groups in total. The molecule has 3 aliphatic heterocycles. The van der Waals surface area contributed by atoms with Crippen LogP contribution in [0.5, 0.6) is 0 Å². The monoisotopic (exact) mass is 712 g/mol.